The van der Waals surface area contributed by atoms with Gasteiger partial charge in [-0.05, 0) is 0 Å². The molecule has 0 radical (unpaired) electrons. The highest BCUT2D eigenvalue weighted by atomic mass is 16.6. The summed E-state index contributed by atoms with van der Waals surface area (Å²) in [4.78, 5) is 0. The van der Waals surface area contributed by atoms with Gasteiger partial charge in [0, 0.05) is 0 Å². The lowest BCUT2D eigenvalue weighted by Crippen LogP contribution is -2.64. The molecule has 0 saturated carbocycles. The molecule has 0 aromatic carbocycles. The number of aliphatic hydroxyl groups is 10. The lowest BCUT2D eigenvalue weighted by molar-refractivity contribution is -0.264. The van der Waals surface area contributed by atoms with Gasteiger partial charge in [-0.1, -0.05) is 0 Å². The molecule has 1 rings (SSSR count). The van der Waals surface area contributed by atoms with Crippen molar-refractivity contribution in [3.8, 4) is 0 Å². The second-order valence-corrected chi connectivity index (χ2v) is 5.33. The van der Waals surface area contributed by atoms with Crippen molar-refractivity contribution >= 4 is 0 Å². The van der Waals surface area contributed by atoms with Crippen molar-refractivity contribution in [2.24, 2.45) is 0 Å². The second kappa shape index (κ2) is 8.60. The van der Waals surface area contributed by atoms with Crippen LogP contribution in [0.3, 0.4) is 0 Å². The van der Waals surface area contributed by atoms with Crippen LogP contribution < -0.4 is 0 Å². The van der Waals surface area contributed by atoms with Crippen LogP contribution >= 0.6 is 0 Å². The Kier molecular flexibility index (Phi) is 7.06. The second-order valence-electron chi connectivity index (χ2n) is 5.33. The summed E-state index contributed by atoms with van der Waals surface area (Å²) in [5.74, 6) is 0. The van der Waals surface area contributed by atoms with E-state index in [9.17, 15) is 40.9 Å². The van der Waals surface area contributed by atoms with E-state index in [0.717, 1.165) is 0 Å². The molecule has 0 aromatic rings. The summed E-state index contributed by atoms with van der Waals surface area (Å²) in [6, 6.07) is 0. The van der Waals surface area contributed by atoms with Gasteiger partial charge < -0.3 is 55.8 Å². The number of hydrogen-bond donors (Lipinski definition) is 10. The summed E-state index contributed by atoms with van der Waals surface area (Å²) < 4.78 is 12.8. The van der Waals surface area contributed by atoms with E-state index >= 15 is 0 Å². The van der Waals surface area contributed by atoms with Crippen LogP contribution in [0.15, 0.2) is 0 Å². The Labute approximate surface area is 132 Å². The minimum absolute atomic E-state index is 0.886. The third-order valence-corrected chi connectivity index (χ3v) is 3.71. The normalized spacial score (nSPS) is 42.4. The SMILES string of the molecule is [2H][C@]1(C(O)[C@@H](O)[C@@H](O)[C@H](O)[C@H](O)CO)O[C@H](CO)[C@@H](O)[C@H](O)[C@H]1O. The Morgan fingerprint density at radius 2 is 1.39 bits per heavy atom. The van der Waals surface area contributed by atoms with Gasteiger partial charge in [-0.25, -0.2) is 0 Å². The quantitative estimate of drug-likeness (QED) is 0.209. The molecule has 11 heteroatoms. The van der Waals surface area contributed by atoms with Crippen LogP contribution in [0.5, 0.6) is 0 Å². The smallest absolute Gasteiger partial charge is 0.115 e. The predicted molar refractivity (Wildman–Crippen MR) is 70.9 cm³/mol. The van der Waals surface area contributed by atoms with Gasteiger partial charge in [-0.2, -0.15) is 0 Å². The fourth-order valence-corrected chi connectivity index (χ4v) is 2.17. The predicted octanol–water partition coefficient (Wildman–Crippen LogP) is -6.37. The molecule has 10 N–H and O–H groups in total. The average Bonchev–Trinajstić information content (AvgIpc) is 2.59. The lowest BCUT2D eigenvalue weighted by atomic mass is 9.88. The van der Waals surface area contributed by atoms with Gasteiger partial charge in [0.1, 0.15) is 61.0 Å². The van der Waals surface area contributed by atoms with Gasteiger partial charge in [0.05, 0.1) is 14.6 Å². The molecule has 1 aliphatic rings. The Bertz CT molecular complexity index is 399. The van der Waals surface area contributed by atoms with Crippen molar-refractivity contribution in [3.63, 3.8) is 0 Å². The summed E-state index contributed by atoms with van der Waals surface area (Å²) >= 11 is 0. The largest absolute Gasteiger partial charge is 0.394 e. The van der Waals surface area contributed by atoms with Crippen molar-refractivity contribution in [3.05, 3.63) is 0 Å². The van der Waals surface area contributed by atoms with E-state index in [1.807, 2.05) is 0 Å². The van der Waals surface area contributed by atoms with Crippen molar-refractivity contribution < 1.29 is 57.2 Å². The van der Waals surface area contributed by atoms with E-state index < -0.39 is 74.2 Å². The van der Waals surface area contributed by atoms with Crippen molar-refractivity contribution in [1.82, 2.24) is 0 Å². The van der Waals surface area contributed by atoms with Gasteiger partial charge in [-0.15, -0.1) is 0 Å². The molecule has 0 aromatic heterocycles. The first-order valence-electron chi connectivity index (χ1n) is 7.37. The molecular weight excluding hydrogens is 320 g/mol. The maximum absolute atomic E-state index is 10.1. The molecule has 1 fully saturated rings. The first kappa shape index (κ1) is 18.9. The third-order valence-electron chi connectivity index (χ3n) is 3.71. The summed E-state index contributed by atoms with van der Waals surface area (Å²) in [5.41, 5.74) is 0. The van der Waals surface area contributed by atoms with Crippen LogP contribution in [0.4, 0.5) is 0 Å². The minimum atomic E-state index is -2.88. The van der Waals surface area contributed by atoms with Crippen molar-refractivity contribution in [2.75, 3.05) is 13.2 Å². The summed E-state index contributed by atoms with van der Waals surface area (Å²) in [6.07, 6.45) is -21.5. The fraction of sp³-hybridized carbons (Fsp3) is 1.00. The molecule has 10 atom stereocenters. The van der Waals surface area contributed by atoms with Gasteiger partial charge >= 0.3 is 0 Å². The number of hydrogen-bond acceptors (Lipinski definition) is 11. The molecule has 0 amide bonds. The van der Waals surface area contributed by atoms with E-state index in [4.69, 9.17) is 16.3 Å². The molecule has 0 bridgehead atoms. The summed E-state index contributed by atoms with van der Waals surface area (Å²) in [5, 5.41) is 95.3. The fourth-order valence-electron chi connectivity index (χ4n) is 2.17. The molecule has 138 valence electrons. The van der Waals surface area contributed by atoms with Gasteiger partial charge in [0.15, 0.2) is 0 Å². The molecule has 1 saturated heterocycles. The molecule has 0 aliphatic carbocycles. The van der Waals surface area contributed by atoms with Crippen LogP contribution in [0.25, 0.3) is 0 Å². The Morgan fingerprint density at radius 1 is 0.826 bits per heavy atom. The van der Waals surface area contributed by atoms with Crippen LogP contribution in [0.2, 0.25) is 0 Å². The third kappa shape index (κ3) is 4.35. The van der Waals surface area contributed by atoms with Gasteiger partial charge in [0.25, 0.3) is 0 Å². The summed E-state index contributed by atoms with van der Waals surface area (Å²) in [6.45, 7) is -1.85. The highest BCUT2D eigenvalue weighted by molar-refractivity contribution is 4.98. The van der Waals surface area contributed by atoms with Gasteiger partial charge in [-0.3, -0.25) is 0 Å². The monoisotopic (exact) mass is 345 g/mol. The molecule has 0 spiro atoms. The molecular formula is C12H24O11. The summed E-state index contributed by atoms with van der Waals surface area (Å²) in [7, 11) is 0. The Hall–Kier alpha value is -0.440. The molecule has 23 heavy (non-hydrogen) atoms. The van der Waals surface area contributed by atoms with Gasteiger partial charge in [0.2, 0.25) is 0 Å². The minimum Gasteiger partial charge on any atom is -0.394 e. The number of ether oxygens (including phenoxy) is 1. The van der Waals surface area contributed by atoms with E-state index in [-0.39, 0.29) is 0 Å². The molecule has 11 nitrogen and oxygen atoms in total. The maximum Gasteiger partial charge on any atom is 0.115 e. The molecule has 1 unspecified atom stereocenters. The van der Waals surface area contributed by atoms with E-state index in [1.54, 1.807) is 0 Å². The van der Waals surface area contributed by atoms with Crippen LogP contribution in [0, 0.1) is 0 Å². The number of rotatable bonds is 7. The zero-order valence-electron chi connectivity index (χ0n) is 13.0. The molecule has 1 heterocycles. The zero-order chi connectivity index (χ0) is 18.8. The first-order chi connectivity index (χ1) is 11.0. The number of aliphatic hydroxyl groups excluding tert-OH is 10. The van der Waals surface area contributed by atoms with Crippen LogP contribution in [-0.2, 0) is 4.74 Å². The average molecular weight is 345 g/mol. The lowest BCUT2D eigenvalue weighted by Gasteiger charge is -2.43. The maximum atomic E-state index is 10.1. The van der Waals surface area contributed by atoms with E-state index in [1.165, 1.54) is 0 Å². The first-order valence-corrected chi connectivity index (χ1v) is 6.87. The Balaban J connectivity index is 2.99. The van der Waals surface area contributed by atoms with Crippen LogP contribution in [-0.4, -0.2) is 125 Å². The van der Waals surface area contributed by atoms with Crippen molar-refractivity contribution in [1.29, 1.82) is 0 Å². The highest BCUT2D eigenvalue weighted by Crippen LogP contribution is 2.25. The topological polar surface area (TPSA) is 212 Å². The highest BCUT2D eigenvalue weighted by Gasteiger charge is 2.49. The Morgan fingerprint density at radius 3 is 1.87 bits per heavy atom. The zero-order valence-corrected chi connectivity index (χ0v) is 12.0. The van der Waals surface area contributed by atoms with E-state index in [2.05, 4.69) is 0 Å². The molecule has 1 aliphatic heterocycles. The van der Waals surface area contributed by atoms with E-state index in [0.29, 0.717) is 0 Å². The van der Waals surface area contributed by atoms with Crippen molar-refractivity contribution in [2.45, 2.75) is 61.0 Å². The standard InChI is InChI=1S/C12H24O11/c13-1-3(15)5(16)7(18)9(20)11(22)12-10(21)8(19)6(17)4(2-14)23-12/h3-22H,1-2H2/t3-,4-,5-,6-,7+,8+,9+,10-,11?,12+/m1/s1/i12D. The van der Waals surface area contributed by atoms with Crippen LogP contribution in [0.1, 0.15) is 1.37 Å².